The highest BCUT2D eigenvalue weighted by atomic mass is 16.5. The van der Waals surface area contributed by atoms with Gasteiger partial charge in [-0.3, -0.25) is 0 Å². The molecule has 15 heavy (non-hydrogen) atoms. The predicted molar refractivity (Wildman–Crippen MR) is 64.4 cm³/mol. The number of hydrogen-bond acceptors (Lipinski definition) is 3. The number of benzene rings is 1. The zero-order valence-electron chi connectivity index (χ0n) is 9.92. The van der Waals surface area contributed by atoms with Crippen molar-refractivity contribution < 1.29 is 4.74 Å². The van der Waals surface area contributed by atoms with E-state index in [2.05, 4.69) is 38.2 Å². The van der Waals surface area contributed by atoms with E-state index in [4.69, 9.17) is 10.5 Å². The molecule has 0 aliphatic rings. The largest absolute Gasteiger partial charge is 0.495 e. The van der Waals surface area contributed by atoms with Crippen LogP contribution in [0.2, 0.25) is 0 Å². The Morgan fingerprint density at radius 3 is 2.47 bits per heavy atom. The fourth-order valence-electron chi connectivity index (χ4n) is 1.42. The Balaban J connectivity index is 3.10. The molecule has 0 saturated heterocycles. The molecule has 0 radical (unpaired) electrons. The van der Waals surface area contributed by atoms with Crippen molar-refractivity contribution in [3.8, 4) is 5.75 Å². The Hall–Kier alpha value is -1.22. The number of rotatable bonds is 3. The van der Waals surface area contributed by atoms with Crippen molar-refractivity contribution in [3.05, 3.63) is 23.8 Å². The summed E-state index contributed by atoms with van der Waals surface area (Å²) in [5.41, 5.74) is 7.83. The topological polar surface area (TPSA) is 47.3 Å². The fraction of sp³-hybridized carbons (Fsp3) is 0.500. The van der Waals surface area contributed by atoms with E-state index in [1.807, 2.05) is 6.07 Å². The van der Waals surface area contributed by atoms with Crippen LogP contribution in [-0.2, 0) is 5.41 Å². The molecule has 0 fully saturated rings. The van der Waals surface area contributed by atoms with E-state index in [0.29, 0.717) is 6.67 Å². The zero-order chi connectivity index (χ0) is 11.5. The van der Waals surface area contributed by atoms with Gasteiger partial charge in [0, 0.05) is 0 Å². The van der Waals surface area contributed by atoms with Crippen molar-refractivity contribution in [3.63, 3.8) is 0 Å². The van der Waals surface area contributed by atoms with Gasteiger partial charge in [-0.1, -0.05) is 26.8 Å². The van der Waals surface area contributed by atoms with Gasteiger partial charge in [-0.15, -0.1) is 0 Å². The first-order valence-electron chi connectivity index (χ1n) is 5.11. The van der Waals surface area contributed by atoms with Crippen LogP contribution in [-0.4, -0.2) is 13.8 Å². The van der Waals surface area contributed by atoms with Crippen LogP contribution in [0.25, 0.3) is 0 Å². The molecular formula is C12H20N2O. The quantitative estimate of drug-likeness (QED) is 0.749. The molecule has 1 rings (SSSR count). The lowest BCUT2D eigenvalue weighted by molar-refractivity contribution is 0.416. The maximum atomic E-state index is 5.48. The maximum absolute atomic E-state index is 5.48. The van der Waals surface area contributed by atoms with Crippen molar-refractivity contribution in [1.29, 1.82) is 0 Å². The molecule has 3 N–H and O–H groups in total. The van der Waals surface area contributed by atoms with E-state index >= 15 is 0 Å². The summed E-state index contributed by atoms with van der Waals surface area (Å²) in [4.78, 5) is 0. The van der Waals surface area contributed by atoms with Crippen LogP contribution in [0.15, 0.2) is 18.2 Å². The van der Waals surface area contributed by atoms with E-state index in [0.717, 1.165) is 11.4 Å². The molecular weight excluding hydrogens is 188 g/mol. The Bertz CT molecular complexity index is 329. The summed E-state index contributed by atoms with van der Waals surface area (Å²) in [6.07, 6.45) is 0. The highest BCUT2D eigenvalue weighted by Crippen LogP contribution is 2.30. The van der Waals surface area contributed by atoms with Gasteiger partial charge in [0.05, 0.1) is 19.5 Å². The lowest BCUT2D eigenvalue weighted by Crippen LogP contribution is -2.14. The molecule has 0 unspecified atom stereocenters. The van der Waals surface area contributed by atoms with Crippen LogP contribution < -0.4 is 15.8 Å². The zero-order valence-corrected chi connectivity index (χ0v) is 9.92. The van der Waals surface area contributed by atoms with Crippen LogP contribution in [0.4, 0.5) is 5.69 Å². The van der Waals surface area contributed by atoms with Crippen LogP contribution >= 0.6 is 0 Å². The van der Waals surface area contributed by atoms with Crippen LogP contribution in [0, 0.1) is 0 Å². The van der Waals surface area contributed by atoms with E-state index < -0.39 is 0 Å². The molecule has 84 valence electrons. The van der Waals surface area contributed by atoms with Gasteiger partial charge in [0.2, 0.25) is 0 Å². The minimum absolute atomic E-state index is 0.136. The van der Waals surface area contributed by atoms with Gasteiger partial charge in [0.1, 0.15) is 5.75 Å². The molecule has 0 heterocycles. The first-order chi connectivity index (χ1) is 6.99. The van der Waals surface area contributed by atoms with Crippen molar-refractivity contribution in [1.82, 2.24) is 0 Å². The molecule has 0 aromatic heterocycles. The molecule has 0 saturated carbocycles. The summed E-state index contributed by atoms with van der Waals surface area (Å²) in [5, 5.41) is 3.09. The lowest BCUT2D eigenvalue weighted by Gasteiger charge is -2.21. The van der Waals surface area contributed by atoms with Crippen LogP contribution in [0.1, 0.15) is 26.3 Å². The maximum Gasteiger partial charge on any atom is 0.142 e. The Labute approximate surface area is 91.6 Å². The van der Waals surface area contributed by atoms with E-state index in [9.17, 15) is 0 Å². The second kappa shape index (κ2) is 4.53. The molecule has 3 nitrogen and oxygen atoms in total. The third kappa shape index (κ3) is 2.86. The van der Waals surface area contributed by atoms with Gasteiger partial charge in [0.15, 0.2) is 0 Å². The summed E-state index contributed by atoms with van der Waals surface area (Å²) < 4.78 is 5.25. The summed E-state index contributed by atoms with van der Waals surface area (Å²) >= 11 is 0. The van der Waals surface area contributed by atoms with Gasteiger partial charge >= 0.3 is 0 Å². The molecule has 0 bridgehead atoms. The molecule has 0 amide bonds. The third-order valence-electron chi connectivity index (χ3n) is 2.36. The second-order valence-electron chi connectivity index (χ2n) is 4.55. The van der Waals surface area contributed by atoms with Crippen molar-refractivity contribution in [2.45, 2.75) is 26.2 Å². The molecule has 0 spiro atoms. The SMILES string of the molecule is COc1ccc(C(C)(C)C)cc1NCN. The number of nitrogens with two attached hydrogens (primary N) is 1. The first kappa shape index (κ1) is 11.9. The Morgan fingerprint density at radius 1 is 1.33 bits per heavy atom. The summed E-state index contributed by atoms with van der Waals surface area (Å²) in [5.74, 6) is 0.827. The Morgan fingerprint density at radius 2 is 2.00 bits per heavy atom. The molecule has 0 aliphatic heterocycles. The van der Waals surface area contributed by atoms with Crippen molar-refractivity contribution in [2.24, 2.45) is 5.73 Å². The highest BCUT2D eigenvalue weighted by molar-refractivity contribution is 5.58. The van der Waals surface area contributed by atoms with Crippen LogP contribution in [0.5, 0.6) is 5.75 Å². The molecule has 3 heteroatoms. The second-order valence-corrected chi connectivity index (χ2v) is 4.55. The average molecular weight is 208 g/mol. The average Bonchev–Trinajstić information content (AvgIpc) is 2.17. The highest BCUT2D eigenvalue weighted by Gasteiger charge is 2.15. The van der Waals surface area contributed by atoms with Crippen molar-refractivity contribution in [2.75, 3.05) is 19.1 Å². The number of nitrogens with one attached hydrogen (secondary N) is 1. The Kier molecular flexibility index (Phi) is 3.58. The molecule has 0 aliphatic carbocycles. The monoisotopic (exact) mass is 208 g/mol. The van der Waals surface area contributed by atoms with E-state index in [1.165, 1.54) is 5.56 Å². The molecule has 1 aromatic carbocycles. The first-order valence-corrected chi connectivity index (χ1v) is 5.11. The lowest BCUT2D eigenvalue weighted by atomic mass is 9.87. The number of ether oxygens (including phenoxy) is 1. The third-order valence-corrected chi connectivity index (χ3v) is 2.36. The number of anilines is 1. The molecule has 1 aromatic rings. The number of hydrogen-bond donors (Lipinski definition) is 2. The van der Waals surface area contributed by atoms with E-state index in [1.54, 1.807) is 7.11 Å². The fourth-order valence-corrected chi connectivity index (χ4v) is 1.42. The van der Waals surface area contributed by atoms with Gasteiger partial charge in [0.25, 0.3) is 0 Å². The number of methoxy groups -OCH3 is 1. The summed E-state index contributed by atoms with van der Waals surface area (Å²) in [7, 11) is 1.66. The minimum Gasteiger partial charge on any atom is -0.495 e. The van der Waals surface area contributed by atoms with E-state index in [-0.39, 0.29) is 5.41 Å². The van der Waals surface area contributed by atoms with Gasteiger partial charge in [-0.25, -0.2) is 0 Å². The van der Waals surface area contributed by atoms with Gasteiger partial charge < -0.3 is 15.8 Å². The summed E-state index contributed by atoms with van der Waals surface area (Å²) in [6.45, 7) is 6.95. The van der Waals surface area contributed by atoms with Crippen molar-refractivity contribution >= 4 is 5.69 Å². The van der Waals surface area contributed by atoms with Gasteiger partial charge in [-0.2, -0.15) is 0 Å². The predicted octanol–water partition coefficient (Wildman–Crippen LogP) is 2.32. The smallest absolute Gasteiger partial charge is 0.142 e. The minimum atomic E-state index is 0.136. The summed E-state index contributed by atoms with van der Waals surface area (Å²) in [6, 6.07) is 6.14. The van der Waals surface area contributed by atoms with Crippen LogP contribution in [0.3, 0.4) is 0 Å². The standard InChI is InChI=1S/C12H20N2O/c1-12(2,3)9-5-6-11(15-4)10(7-9)14-8-13/h5-7,14H,8,13H2,1-4H3. The molecule has 0 atom stereocenters. The normalized spacial score (nSPS) is 11.3. The van der Waals surface area contributed by atoms with Gasteiger partial charge in [-0.05, 0) is 23.1 Å².